The lowest BCUT2D eigenvalue weighted by atomic mass is 10.1. The highest BCUT2D eigenvalue weighted by Gasteiger charge is 2.09. The van der Waals surface area contributed by atoms with Crippen molar-refractivity contribution in [3.8, 4) is 6.07 Å². The fraction of sp³-hybridized carbons (Fsp3) is 0. The van der Waals surface area contributed by atoms with Gasteiger partial charge in [0.25, 0.3) is 5.91 Å². The first-order valence-corrected chi connectivity index (χ1v) is 6.54. The highest BCUT2D eigenvalue weighted by molar-refractivity contribution is 9.10. The van der Waals surface area contributed by atoms with Crippen molar-refractivity contribution in [1.82, 2.24) is 0 Å². The molecule has 5 heteroatoms. The number of nitriles is 1. The number of carbonyl (C=O) groups excluding carboxylic acids is 1. The molecule has 0 heterocycles. The summed E-state index contributed by atoms with van der Waals surface area (Å²) in [6.45, 7) is 0. The van der Waals surface area contributed by atoms with Gasteiger partial charge in [0.1, 0.15) is 6.07 Å². The smallest absolute Gasteiger partial charge is 0.255 e. The van der Waals surface area contributed by atoms with Crippen LogP contribution < -0.4 is 5.32 Å². The summed E-state index contributed by atoms with van der Waals surface area (Å²) < 4.78 is 0.816. The maximum Gasteiger partial charge on any atom is 0.255 e. The van der Waals surface area contributed by atoms with Crippen molar-refractivity contribution >= 4 is 39.1 Å². The molecule has 0 fully saturated rings. The summed E-state index contributed by atoms with van der Waals surface area (Å²) in [5.41, 5.74) is 1.28. The van der Waals surface area contributed by atoms with E-state index in [1.807, 2.05) is 12.1 Å². The van der Waals surface area contributed by atoms with Crippen LogP contribution in [0.4, 0.5) is 5.69 Å². The highest BCUT2D eigenvalue weighted by atomic mass is 79.9. The van der Waals surface area contributed by atoms with Gasteiger partial charge in [-0.05, 0) is 36.4 Å². The molecular weight excluding hydrogens is 328 g/mol. The summed E-state index contributed by atoms with van der Waals surface area (Å²) in [4.78, 5) is 12.0. The van der Waals surface area contributed by atoms with E-state index in [-0.39, 0.29) is 5.91 Å². The molecule has 0 spiro atoms. The number of halogens is 2. The molecule has 0 unspecified atom stereocenters. The van der Waals surface area contributed by atoms with Crippen LogP contribution in [0.1, 0.15) is 15.9 Å². The molecule has 3 nitrogen and oxygen atoms in total. The van der Waals surface area contributed by atoms with Crippen molar-refractivity contribution in [2.45, 2.75) is 0 Å². The minimum absolute atomic E-state index is 0.278. The average Bonchev–Trinajstić information content (AvgIpc) is 2.40. The van der Waals surface area contributed by atoms with Gasteiger partial charge in [0.05, 0.1) is 11.3 Å². The lowest BCUT2D eigenvalue weighted by molar-refractivity contribution is 0.102. The zero-order chi connectivity index (χ0) is 13.8. The van der Waals surface area contributed by atoms with Crippen molar-refractivity contribution in [2.24, 2.45) is 0 Å². The molecule has 19 heavy (non-hydrogen) atoms. The van der Waals surface area contributed by atoms with Crippen molar-refractivity contribution in [3.63, 3.8) is 0 Å². The second kappa shape index (κ2) is 5.87. The molecule has 0 aliphatic carbocycles. The maximum atomic E-state index is 12.0. The Bertz CT molecular complexity index is 679. The molecule has 0 bridgehead atoms. The number of nitrogens with zero attached hydrogens (tertiary/aromatic N) is 1. The van der Waals surface area contributed by atoms with Gasteiger partial charge in [-0.1, -0.05) is 33.6 Å². The van der Waals surface area contributed by atoms with Crippen LogP contribution in [-0.4, -0.2) is 5.91 Å². The zero-order valence-corrected chi connectivity index (χ0v) is 12.0. The first-order chi connectivity index (χ1) is 9.10. The van der Waals surface area contributed by atoms with E-state index in [1.165, 1.54) is 6.07 Å². The fourth-order valence-corrected chi connectivity index (χ4v) is 2.11. The third kappa shape index (κ3) is 3.34. The molecule has 1 N–H and O–H groups in total. The van der Waals surface area contributed by atoms with Gasteiger partial charge in [0, 0.05) is 15.1 Å². The van der Waals surface area contributed by atoms with Crippen LogP contribution in [0.2, 0.25) is 5.02 Å². The fourth-order valence-electron chi connectivity index (χ4n) is 1.54. The largest absolute Gasteiger partial charge is 0.321 e. The van der Waals surface area contributed by atoms with Gasteiger partial charge in [0.15, 0.2) is 0 Å². The SMILES string of the molecule is N#Cc1cc(Cl)ccc1NC(=O)c1cccc(Br)c1. The van der Waals surface area contributed by atoms with E-state index in [4.69, 9.17) is 16.9 Å². The second-order valence-electron chi connectivity index (χ2n) is 3.77. The van der Waals surface area contributed by atoms with Crippen LogP contribution in [0, 0.1) is 11.3 Å². The van der Waals surface area contributed by atoms with Crippen LogP contribution in [0.3, 0.4) is 0 Å². The summed E-state index contributed by atoms with van der Waals surface area (Å²) >= 11 is 9.10. The predicted octanol–water partition coefficient (Wildman–Crippen LogP) is 4.23. The monoisotopic (exact) mass is 334 g/mol. The molecule has 0 saturated carbocycles. The second-order valence-corrected chi connectivity index (χ2v) is 5.12. The third-order valence-corrected chi connectivity index (χ3v) is 3.17. The zero-order valence-electron chi connectivity index (χ0n) is 9.65. The Kier molecular flexibility index (Phi) is 4.20. The molecule has 0 radical (unpaired) electrons. The van der Waals surface area contributed by atoms with E-state index >= 15 is 0 Å². The molecule has 2 aromatic rings. The van der Waals surface area contributed by atoms with Gasteiger partial charge in [-0.2, -0.15) is 5.26 Å². The minimum Gasteiger partial charge on any atom is -0.321 e. The summed E-state index contributed by atoms with van der Waals surface area (Å²) in [5, 5.41) is 12.1. The number of hydrogen-bond donors (Lipinski definition) is 1. The molecule has 1 amide bonds. The predicted molar refractivity (Wildman–Crippen MR) is 78.3 cm³/mol. The molecule has 2 aromatic carbocycles. The lowest BCUT2D eigenvalue weighted by Crippen LogP contribution is -2.12. The Morgan fingerprint density at radius 3 is 2.74 bits per heavy atom. The molecule has 0 atom stereocenters. The van der Waals surface area contributed by atoms with Gasteiger partial charge >= 0.3 is 0 Å². The Labute approximate surface area is 123 Å². The molecule has 0 aliphatic rings. The van der Waals surface area contributed by atoms with Crippen molar-refractivity contribution in [1.29, 1.82) is 5.26 Å². The standard InChI is InChI=1S/C14H8BrClN2O/c15-11-3-1-2-9(6-11)14(19)18-13-5-4-12(16)7-10(13)8-17/h1-7H,(H,18,19). The average molecular weight is 336 g/mol. The molecular formula is C14H8BrClN2O. The third-order valence-electron chi connectivity index (χ3n) is 2.44. The van der Waals surface area contributed by atoms with Crippen molar-refractivity contribution < 1.29 is 4.79 Å². The van der Waals surface area contributed by atoms with Gasteiger partial charge in [0.2, 0.25) is 0 Å². The van der Waals surface area contributed by atoms with Crippen molar-refractivity contribution in [3.05, 3.63) is 63.1 Å². The summed E-state index contributed by atoms with van der Waals surface area (Å²) in [5.74, 6) is -0.278. The molecule has 0 saturated heterocycles. The number of amides is 1. The minimum atomic E-state index is -0.278. The first kappa shape index (κ1) is 13.6. The van der Waals surface area contributed by atoms with E-state index in [1.54, 1.807) is 30.3 Å². The quantitative estimate of drug-likeness (QED) is 0.893. The number of benzene rings is 2. The maximum absolute atomic E-state index is 12.0. The lowest BCUT2D eigenvalue weighted by Gasteiger charge is -2.07. The number of hydrogen-bond acceptors (Lipinski definition) is 2. The van der Waals surface area contributed by atoms with Crippen LogP contribution in [0.15, 0.2) is 46.9 Å². The van der Waals surface area contributed by atoms with Gasteiger partial charge in [-0.15, -0.1) is 0 Å². The summed E-state index contributed by atoms with van der Waals surface area (Å²) in [6.07, 6.45) is 0. The summed E-state index contributed by atoms with van der Waals surface area (Å²) in [7, 11) is 0. The molecule has 2 rings (SSSR count). The number of carbonyl (C=O) groups is 1. The normalized spacial score (nSPS) is 9.74. The van der Waals surface area contributed by atoms with E-state index in [2.05, 4.69) is 21.2 Å². The number of anilines is 1. The van der Waals surface area contributed by atoms with Crippen molar-refractivity contribution in [2.75, 3.05) is 5.32 Å². The van der Waals surface area contributed by atoms with Crippen LogP contribution in [0.25, 0.3) is 0 Å². The van der Waals surface area contributed by atoms with E-state index in [0.717, 1.165) is 4.47 Å². The van der Waals surface area contributed by atoms with Crippen LogP contribution in [0.5, 0.6) is 0 Å². The molecule has 0 aliphatic heterocycles. The van der Waals surface area contributed by atoms with Gasteiger partial charge < -0.3 is 5.32 Å². The highest BCUT2D eigenvalue weighted by Crippen LogP contribution is 2.21. The van der Waals surface area contributed by atoms with E-state index < -0.39 is 0 Å². The topological polar surface area (TPSA) is 52.9 Å². The number of nitrogens with one attached hydrogen (secondary N) is 1. The van der Waals surface area contributed by atoms with Gasteiger partial charge in [-0.3, -0.25) is 4.79 Å². The van der Waals surface area contributed by atoms with E-state index in [9.17, 15) is 4.79 Å². The number of rotatable bonds is 2. The Balaban J connectivity index is 2.27. The Morgan fingerprint density at radius 1 is 1.26 bits per heavy atom. The first-order valence-electron chi connectivity index (χ1n) is 5.37. The van der Waals surface area contributed by atoms with Crippen LogP contribution >= 0.6 is 27.5 Å². The molecule has 94 valence electrons. The Morgan fingerprint density at radius 2 is 2.05 bits per heavy atom. The summed E-state index contributed by atoms with van der Waals surface area (Å²) in [6, 6.07) is 13.7. The van der Waals surface area contributed by atoms with Gasteiger partial charge in [-0.25, -0.2) is 0 Å². The molecule has 0 aromatic heterocycles. The van der Waals surface area contributed by atoms with Crippen LogP contribution in [-0.2, 0) is 0 Å². The van der Waals surface area contributed by atoms with E-state index in [0.29, 0.717) is 21.8 Å². The Hall–Kier alpha value is -1.83.